The van der Waals surface area contributed by atoms with Crippen LogP contribution >= 0.6 is 0 Å². The van der Waals surface area contributed by atoms with Gasteiger partial charge < -0.3 is 4.74 Å². The minimum atomic E-state index is -0.928. The maximum Gasteiger partial charge on any atom is 0.165 e. The lowest BCUT2D eigenvalue weighted by Crippen LogP contribution is -2.03. The van der Waals surface area contributed by atoms with Gasteiger partial charge in [-0.3, -0.25) is 4.79 Å². The van der Waals surface area contributed by atoms with Crippen molar-refractivity contribution >= 4 is 5.78 Å². The molecule has 0 aromatic heterocycles. The van der Waals surface area contributed by atoms with Gasteiger partial charge in [0.1, 0.15) is 12.4 Å². The van der Waals surface area contributed by atoms with E-state index in [1.54, 1.807) is 24.3 Å². The monoisotopic (exact) mass is 262 g/mol. The quantitative estimate of drug-likeness (QED) is 0.784. The van der Waals surface area contributed by atoms with Crippen LogP contribution in [0.25, 0.3) is 0 Å². The van der Waals surface area contributed by atoms with Crippen LogP contribution in [0.15, 0.2) is 42.5 Å². The van der Waals surface area contributed by atoms with Crippen LogP contribution in [0.3, 0.4) is 0 Å². The molecule has 0 aliphatic rings. The Morgan fingerprint density at radius 1 is 1.11 bits per heavy atom. The fourth-order valence-corrected chi connectivity index (χ4v) is 1.70. The molecule has 0 saturated carbocycles. The van der Waals surface area contributed by atoms with Crippen molar-refractivity contribution in [2.24, 2.45) is 0 Å². The summed E-state index contributed by atoms with van der Waals surface area (Å²) < 4.78 is 31.9. The molecule has 2 nitrogen and oxygen atoms in total. The van der Waals surface area contributed by atoms with Gasteiger partial charge >= 0.3 is 0 Å². The van der Waals surface area contributed by atoms with Crippen molar-refractivity contribution in [3.63, 3.8) is 0 Å². The molecule has 98 valence electrons. The van der Waals surface area contributed by atoms with Crippen molar-refractivity contribution in [3.05, 3.63) is 65.2 Å². The molecule has 0 atom stereocenters. The van der Waals surface area contributed by atoms with Crippen LogP contribution in [-0.4, -0.2) is 5.78 Å². The summed E-state index contributed by atoms with van der Waals surface area (Å²) in [5.74, 6) is -1.63. The number of ether oxygens (including phenoxy) is 1. The number of para-hydroxylation sites is 1. The standard InChI is InChI=1S/C15H12F2O2/c1-10(18)12-6-2-3-8-14(12)19-9-11-5-4-7-13(16)15(11)17/h2-8H,9H2,1H3. The maximum absolute atomic E-state index is 13.4. The first kappa shape index (κ1) is 13.2. The fourth-order valence-electron chi connectivity index (χ4n) is 1.70. The molecule has 0 bridgehead atoms. The Kier molecular flexibility index (Phi) is 3.90. The fraction of sp³-hybridized carbons (Fsp3) is 0.133. The molecule has 2 aromatic carbocycles. The molecule has 0 amide bonds. The third kappa shape index (κ3) is 2.96. The van der Waals surface area contributed by atoms with Gasteiger partial charge in [0.05, 0.1) is 5.56 Å². The van der Waals surface area contributed by atoms with Crippen LogP contribution in [0.5, 0.6) is 5.75 Å². The van der Waals surface area contributed by atoms with Crippen molar-refractivity contribution in [3.8, 4) is 5.75 Å². The smallest absolute Gasteiger partial charge is 0.165 e. The highest BCUT2D eigenvalue weighted by atomic mass is 19.2. The van der Waals surface area contributed by atoms with Gasteiger partial charge in [0.15, 0.2) is 17.4 Å². The number of halogens is 2. The Labute approximate surface area is 109 Å². The lowest BCUT2D eigenvalue weighted by atomic mass is 10.1. The van der Waals surface area contributed by atoms with Gasteiger partial charge in [-0.05, 0) is 25.1 Å². The van der Waals surface area contributed by atoms with E-state index in [4.69, 9.17) is 4.74 Å². The molecule has 0 unspecified atom stereocenters. The molecule has 0 radical (unpaired) electrons. The van der Waals surface area contributed by atoms with E-state index in [0.717, 1.165) is 6.07 Å². The lowest BCUT2D eigenvalue weighted by molar-refractivity contribution is 0.101. The highest BCUT2D eigenvalue weighted by Crippen LogP contribution is 2.21. The van der Waals surface area contributed by atoms with Crippen molar-refractivity contribution < 1.29 is 18.3 Å². The minimum Gasteiger partial charge on any atom is -0.488 e. The summed E-state index contributed by atoms with van der Waals surface area (Å²) in [7, 11) is 0. The summed E-state index contributed by atoms with van der Waals surface area (Å²) in [6.45, 7) is 1.29. The summed E-state index contributed by atoms with van der Waals surface area (Å²) in [4.78, 5) is 11.4. The SMILES string of the molecule is CC(=O)c1ccccc1OCc1cccc(F)c1F. The number of hydrogen-bond donors (Lipinski definition) is 0. The Hall–Kier alpha value is -2.23. The largest absolute Gasteiger partial charge is 0.488 e. The van der Waals surface area contributed by atoms with E-state index in [-0.39, 0.29) is 18.0 Å². The number of rotatable bonds is 4. The normalized spacial score (nSPS) is 10.3. The van der Waals surface area contributed by atoms with E-state index < -0.39 is 11.6 Å². The molecular weight excluding hydrogens is 250 g/mol. The average Bonchev–Trinajstić information content (AvgIpc) is 2.40. The molecule has 0 heterocycles. The Balaban J connectivity index is 2.19. The average molecular weight is 262 g/mol. The van der Waals surface area contributed by atoms with E-state index >= 15 is 0 Å². The van der Waals surface area contributed by atoms with Gasteiger partial charge in [-0.15, -0.1) is 0 Å². The molecule has 0 saturated heterocycles. The molecule has 19 heavy (non-hydrogen) atoms. The van der Waals surface area contributed by atoms with Crippen LogP contribution in [0, 0.1) is 11.6 Å². The number of hydrogen-bond acceptors (Lipinski definition) is 2. The second kappa shape index (κ2) is 5.61. The first-order chi connectivity index (χ1) is 9.09. The number of carbonyl (C=O) groups excluding carboxylic acids is 1. The maximum atomic E-state index is 13.4. The zero-order valence-corrected chi connectivity index (χ0v) is 10.3. The van der Waals surface area contributed by atoms with Gasteiger partial charge in [0.2, 0.25) is 0 Å². The Morgan fingerprint density at radius 2 is 1.84 bits per heavy atom. The molecule has 0 N–H and O–H groups in total. The van der Waals surface area contributed by atoms with Gasteiger partial charge in [-0.2, -0.15) is 0 Å². The molecule has 0 spiro atoms. The number of benzene rings is 2. The highest BCUT2D eigenvalue weighted by molar-refractivity contribution is 5.96. The first-order valence-electron chi connectivity index (χ1n) is 5.75. The Morgan fingerprint density at radius 3 is 2.58 bits per heavy atom. The van der Waals surface area contributed by atoms with Gasteiger partial charge in [-0.25, -0.2) is 8.78 Å². The molecule has 0 aliphatic heterocycles. The van der Waals surface area contributed by atoms with E-state index in [1.165, 1.54) is 19.1 Å². The molecule has 2 rings (SSSR count). The van der Waals surface area contributed by atoms with Gasteiger partial charge in [0, 0.05) is 5.56 Å². The summed E-state index contributed by atoms with van der Waals surface area (Å²) in [6.07, 6.45) is 0. The van der Waals surface area contributed by atoms with E-state index in [0.29, 0.717) is 11.3 Å². The van der Waals surface area contributed by atoms with Crippen LogP contribution in [0.2, 0.25) is 0 Å². The zero-order valence-electron chi connectivity index (χ0n) is 10.3. The predicted molar refractivity (Wildman–Crippen MR) is 67.1 cm³/mol. The van der Waals surface area contributed by atoms with Gasteiger partial charge in [-0.1, -0.05) is 24.3 Å². The zero-order chi connectivity index (χ0) is 13.8. The molecule has 0 fully saturated rings. The third-order valence-corrected chi connectivity index (χ3v) is 2.68. The van der Waals surface area contributed by atoms with Gasteiger partial charge in [0.25, 0.3) is 0 Å². The summed E-state index contributed by atoms with van der Waals surface area (Å²) in [5.41, 5.74) is 0.526. The number of Topliss-reactive ketones (excluding diaryl/α,β-unsaturated/α-hetero) is 1. The van der Waals surface area contributed by atoms with Crippen molar-refractivity contribution in [1.29, 1.82) is 0 Å². The predicted octanol–water partition coefficient (Wildman–Crippen LogP) is 3.75. The van der Waals surface area contributed by atoms with E-state index in [1.807, 2.05) is 0 Å². The summed E-state index contributed by atoms with van der Waals surface area (Å²) in [5, 5.41) is 0. The minimum absolute atomic E-state index is 0.110. The number of carbonyl (C=O) groups is 1. The van der Waals surface area contributed by atoms with Crippen LogP contribution in [-0.2, 0) is 6.61 Å². The van der Waals surface area contributed by atoms with Crippen LogP contribution in [0.4, 0.5) is 8.78 Å². The molecular formula is C15H12F2O2. The van der Waals surface area contributed by atoms with Crippen molar-refractivity contribution in [2.75, 3.05) is 0 Å². The number of ketones is 1. The highest BCUT2D eigenvalue weighted by Gasteiger charge is 2.11. The topological polar surface area (TPSA) is 26.3 Å². The second-order valence-electron chi connectivity index (χ2n) is 4.05. The second-order valence-corrected chi connectivity index (χ2v) is 4.05. The third-order valence-electron chi connectivity index (χ3n) is 2.68. The van der Waals surface area contributed by atoms with E-state index in [9.17, 15) is 13.6 Å². The van der Waals surface area contributed by atoms with E-state index in [2.05, 4.69) is 0 Å². The molecule has 4 heteroatoms. The summed E-state index contributed by atoms with van der Waals surface area (Å²) in [6, 6.07) is 10.6. The van der Waals surface area contributed by atoms with Crippen LogP contribution in [0.1, 0.15) is 22.8 Å². The molecule has 0 aliphatic carbocycles. The Bertz CT molecular complexity index is 609. The first-order valence-corrected chi connectivity index (χ1v) is 5.75. The van der Waals surface area contributed by atoms with Crippen molar-refractivity contribution in [2.45, 2.75) is 13.5 Å². The lowest BCUT2D eigenvalue weighted by Gasteiger charge is -2.10. The van der Waals surface area contributed by atoms with Crippen molar-refractivity contribution in [1.82, 2.24) is 0 Å². The molecule has 2 aromatic rings. The van der Waals surface area contributed by atoms with Crippen LogP contribution < -0.4 is 4.74 Å². The summed E-state index contributed by atoms with van der Waals surface area (Å²) >= 11 is 0.